The molecular formula is C21H25FN2O2S. The van der Waals surface area contributed by atoms with Gasteiger partial charge in [0.15, 0.2) is 0 Å². The predicted octanol–water partition coefficient (Wildman–Crippen LogP) is 5.00. The first-order valence-electron chi connectivity index (χ1n) is 9.33. The van der Waals surface area contributed by atoms with E-state index in [9.17, 15) is 9.18 Å². The molecule has 1 saturated heterocycles. The van der Waals surface area contributed by atoms with Gasteiger partial charge in [-0.1, -0.05) is 19.9 Å². The maximum atomic E-state index is 14.3. The number of benzene rings is 1. The summed E-state index contributed by atoms with van der Waals surface area (Å²) in [5.41, 5.74) is 0.840. The second-order valence-electron chi connectivity index (χ2n) is 8.88. The second-order valence-corrected chi connectivity index (χ2v) is 9.74. The van der Waals surface area contributed by atoms with E-state index in [1.165, 1.54) is 24.5 Å². The molecule has 4 nitrogen and oxygen atoms in total. The molecule has 4 rings (SSSR count). The molecule has 2 aliphatic rings. The number of ether oxygens (including phenoxy) is 1. The summed E-state index contributed by atoms with van der Waals surface area (Å²) in [4.78, 5) is 19.7. The molecule has 2 atom stereocenters. The third-order valence-electron chi connectivity index (χ3n) is 5.90. The maximum absolute atomic E-state index is 14.3. The Morgan fingerprint density at radius 3 is 2.85 bits per heavy atom. The molecule has 1 aromatic heterocycles. The van der Waals surface area contributed by atoms with Crippen molar-refractivity contribution >= 4 is 17.2 Å². The van der Waals surface area contributed by atoms with Crippen molar-refractivity contribution in [3.8, 4) is 16.3 Å². The Morgan fingerprint density at radius 1 is 1.33 bits per heavy atom. The van der Waals surface area contributed by atoms with Crippen molar-refractivity contribution in [3.05, 3.63) is 35.1 Å². The van der Waals surface area contributed by atoms with E-state index in [4.69, 9.17) is 4.74 Å². The summed E-state index contributed by atoms with van der Waals surface area (Å²) < 4.78 is 19.6. The number of fused-ring (bicyclic) bond motifs is 2. The Labute approximate surface area is 163 Å². The Morgan fingerprint density at radius 2 is 2.11 bits per heavy atom. The smallest absolute Gasteiger partial charge is 0.273 e. The van der Waals surface area contributed by atoms with Crippen molar-refractivity contribution < 1.29 is 13.9 Å². The van der Waals surface area contributed by atoms with Crippen molar-refractivity contribution in [1.82, 2.24) is 9.88 Å². The monoisotopic (exact) mass is 388 g/mol. The Bertz CT molecular complexity index is 894. The molecule has 1 aromatic carbocycles. The van der Waals surface area contributed by atoms with Crippen molar-refractivity contribution in [2.45, 2.75) is 45.6 Å². The van der Waals surface area contributed by atoms with E-state index < -0.39 is 5.82 Å². The highest BCUT2D eigenvalue weighted by molar-refractivity contribution is 7.13. The van der Waals surface area contributed by atoms with Gasteiger partial charge in [0.05, 0.1) is 12.7 Å². The van der Waals surface area contributed by atoms with Crippen LogP contribution in [-0.4, -0.2) is 35.0 Å². The van der Waals surface area contributed by atoms with Crippen LogP contribution < -0.4 is 4.74 Å². The summed E-state index contributed by atoms with van der Waals surface area (Å²) in [5.74, 6) is 0.533. The fourth-order valence-corrected chi connectivity index (χ4v) is 6.14. The number of methoxy groups -OCH3 is 1. The van der Waals surface area contributed by atoms with Gasteiger partial charge in [0.1, 0.15) is 22.3 Å². The van der Waals surface area contributed by atoms with Crippen LogP contribution in [0.25, 0.3) is 10.6 Å². The van der Waals surface area contributed by atoms with Crippen LogP contribution >= 0.6 is 11.3 Å². The number of nitrogens with zero attached hydrogens (tertiary/aromatic N) is 2. The Kier molecular flexibility index (Phi) is 4.29. The minimum absolute atomic E-state index is 0.0458. The number of halogens is 1. The average molecular weight is 389 g/mol. The summed E-state index contributed by atoms with van der Waals surface area (Å²) in [6, 6.07) is 4.69. The minimum atomic E-state index is -0.395. The lowest BCUT2D eigenvalue weighted by atomic mass is 9.67. The van der Waals surface area contributed by atoms with Crippen molar-refractivity contribution in [3.63, 3.8) is 0 Å². The standard InChI is InChI=1S/C21H25FN2O2S/c1-20(2)8-13-9-21(3,12-20)24(10-13)19(25)15-11-27-18(23-15)17-14(22)6-5-7-16(17)26-4/h5-7,11,13H,8-10,12H2,1-4H3. The van der Waals surface area contributed by atoms with Crippen LogP contribution in [-0.2, 0) is 0 Å². The zero-order valence-electron chi connectivity index (χ0n) is 16.2. The van der Waals surface area contributed by atoms with Crippen LogP contribution in [0.1, 0.15) is 50.5 Å². The van der Waals surface area contributed by atoms with Gasteiger partial charge in [0, 0.05) is 17.5 Å². The molecule has 6 heteroatoms. The van der Waals surface area contributed by atoms with Gasteiger partial charge in [-0.15, -0.1) is 11.3 Å². The van der Waals surface area contributed by atoms with Crippen molar-refractivity contribution in [2.75, 3.05) is 13.7 Å². The number of likely N-dealkylation sites (tertiary alicyclic amines) is 1. The first-order chi connectivity index (χ1) is 12.7. The third kappa shape index (κ3) is 3.14. The minimum Gasteiger partial charge on any atom is -0.496 e. The topological polar surface area (TPSA) is 42.4 Å². The number of hydrogen-bond donors (Lipinski definition) is 0. The van der Waals surface area contributed by atoms with E-state index in [1.54, 1.807) is 17.5 Å². The molecule has 1 aliphatic carbocycles. The Balaban J connectivity index is 1.64. The van der Waals surface area contributed by atoms with Crippen molar-refractivity contribution in [2.24, 2.45) is 11.3 Å². The highest BCUT2D eigenvalue weighted by Crippen LogP contribution is 2.51. The third-order valence-corrected chi connectivity index (χ3v) is 6.76. The number of carbonyl (C=O) groups is 1. The molecule has 27 heavy (non-hydrogen) atoms. The lowest BCUT2D eigenvalue weighted by Crippen LogP contribution is -2.47. The predicted molar refractivity (Wildman–Crippen MR) is 105 cm³/mol. The zero-order chi connectivity index (χ0) is 19.4. The second kappa shape index (κ2) is 6.30. The lowest BCUT2D eigenvalue weighted by Gasteiger charge is -2.43. The van der Waals surface area contributed by atoms with Crippen LogP contribution in [0.5, 0.6) is 5.75 Å². The van der Waals surface area contributed by atoms with E-state index in [0.717, 1.165) is 25.8 Å². The number of thiazole rings is 1. The number of carbonyl (C=O) groups excluding carboxylic acids is 1. The van der Waals surface area contributed by atoms with Gasteiger partial charge in [-0.05, 0) is 49.7 Å². The summed E-state index contributed by atoms with van der Waals surface area (Å²) in [7, 11) is 1.50. The first-order valence-corrected chi connectivity index (χ1v) is 10.2. The van der Waals surface area contributed by atoms with Crippen LogP contribution in [0.2, 0.25) is 0 Å². The van der Waals surface area contributed by atoms with E-state index >= 15 is 0 Å². The molecule has 2 fully saturated rings. The van der Waals surface area contributed by atoms with Crippen LogP contribution in [0.3, 0.4) is 0 Å². The molecule has 0 radical (unpaired) electrons. The maximum Gasteiger partial charge on any atom is 0.273 e. The Hall–Kier alpha value is -1.95. The van der Waals surface area contributed by atoms with Gasteiger partial charge in [0.2, 0.25) is 0 Å². The molecule has 0 N–H and O–H groups in total. The lowest BCUT2D eigenvalue weighted by molar-refractivity contribution is 0.0505. The molecular weight excluding hydrogens is 363 g/mol. The number of rotatable bonds is 3. The summed E-state index contributed by atoms with van der Waals surface area (Å²) >= 11 is 1.28. The van der Waals surface area contributed by atoms with Gasteiger partial charge >= 0.3 is 0 Å². The summed E-state index contributed by atoms with van der Waals surface area (Å²) in [6.45, 7) is 7.56. The molecule has 0 spiro atoms. The highest BCUT2D eigenvalue weighted by Gasteiger charge is 2.52. The van der Waals surface area contributed by atoms with Crippen LogP contribution in [0.4, 0.5) is 4.39 Å². The van der Waals surface area contributed by atoms with E-state index in [1.807, 2.05) is 4.90 Å². The largest absolute Gasteiger partial charge is 0.496 e. The first kappa shape index (κ1) is 18.4. The molecule has 144 valence electrons. The molecule has 2 unspecified atom stereocenters. The highest BCUT2D eigenvalue weighted by atomic mass is 32.1. The molecule has 1 amide bonds. The summed E-state index contributed by atoms with van der Waals surface area (Å²) in [6.07, 6.45) is 3.21. The van der Waals surface area contributed by atoms with E-state index in [0.29, 0.717) is 27.9 Å². The number of amides is 1. The van der Waals surface area contributed by atoms with Crippen LogP contribution in [0, 0.1) is 17.2 Å². The fourth-order valence-electron chi connectivity index (χ4n) is 5.30. The molecule has 2 bridgehead atoms. The van der Waals surface area contributed by atoms with Crippen molar-refractivity contribution in [1.29, 1.82) is 0 Å². The molecule has 1 aliphatic heterocycles. The van der Waals surface area contributed by atoms with Gasteiger partial charge in [0.25, 0.3) is 5.91 Å². The molecule has 2 heterocycles. The zero-order valence-corrected chi connectivity index (χ0v) is 17.0. The van der Waals surface area contributed by atoms with Gasteiger partial charge in [-0.3, -0.25) is 4.79 Å². The fraction of sp³-hybridized carbons (Fsp3) is 0.524. The molecule has 2 aromatic rings. The number of hydrogen-bond acceptors (Lipinski definition) is 4. The van der Waals surface area contributed by atoms with Gasteiger partial charge < -0.3 is 9.64 Å². The van der Waals surface area contributed by atoms with Crippen LogP contribution in [0.15, 0.2) is 23.6 Å². The quantitative estimate of drug-likeness (QED) is 0.743. The number of aromatic nitrogens is 1. The van der Waals surface area contributed by atoms with E-state index in [-0.39, 0.29) is 16.9 Å². The van der Waals surface area contributed by atoms with Gasteiger partial charge in [-0.25, -0.2) is 9.37 Å². The van der Waals surface area contributed by atoms with E-state index in [2.05, 4.69) is 25.8 Å². The molecule has 1 saturated carbocycles. The normalized spacial score (nSPS) is 26.3. The summed E-state index contributed by atoms with van der Waals surface area (Å²) in [5, 5.41) is 2.21. The van der Waals surface area contributed by atoms with Gasteiger partial charge in [-0.2, -0.15) is 0 Å². The average Bonchev–Trinajstić information content (AvgIpc) is 3.15. The SMILES string of the molecule is COc1cccc(F)c1-c1nc(C(=O)N2CC3CC(C)(C)CC2(C)C3)cs1.